The molecule has 0 spiro atoms. The molecule has 7 heteroatoms. The molecule has 2 unspecified atom stereocenters. The van der Waals surface area contributed by atoms with Gasteiger partial charge in [-0.25, -0.2) is 8.42 Å². The molecule has 1 fully saturated rings. The number of hydrogen-bond acceptors (Lipinski definition) is 5. The molecule has 6 nitrogen and oxygen atoms in total. The molecule has 0 aromatic heterocycles. The van der Waals surface area contributed by atoms with E-state index in [4.69, 9.17) is 11.5 Å². The minimum Gasteiger partial charge on any atom is -0.370 e. The first kappa shape index (κ1) is 16.4. The number of likely N-dealkylation sites (tertiary alicyclic amines) is 1. The van der Waals surface area contributed by atoms with Crippen molar-refractivity contribution in [2.75, 3.05) is 31.1 Å². The molecule has 2 atom stereocenters. The summed E-state index contributed by atoms with van der Waals surface area (Å²) in [6.45, 7) is 4.15. The van der Waals surface area contributed by atoms with Crippen molar-refractivity contribution in [2.45, 2.75) is 32.2 Å². The van der Waals surface area contributed by atoms with Gasteiger partial charge < -0.3 is 11.5 Å². The van der Waals surface area contributed by atoms with E-state index in [0.29, 0.717) is 19.0 Å². The molecule has 19 heavy (non-hydrogen) atoms. The highest BCUT2D eigenvalue weighted by atomic mass is 32.2. The number of primary amides is 1. The average molecular weight is 291 g/mol. The van der Waals surface area contributed by atoms with Crippen LogP contribution in [-0.2, 0) is 14.6 Å². The van der Waals surface area contributed by atoms with Gasteiger partial charge in [0.15, 0.2) is 9.84 Å². The quantitative estimate of drug-likeness (QED) is 0.647. The number of amides is 1. The molecule has 0 saturated carbocycles. The summed E-state index contributed by atoms with van der Waals surface area (Å²) < 4.78 is 23.5. The zero-order valence-corrected chi connectivity index (χ0v) is 12.4. The average Bonchev–Trinajstić information content (AvgIpc) is 2.35. The number of nitrogens with two attached hydrogens (primary N) is 2. The standard InChI is InChI=1S/C12H25N3O3S/c1-10-2-4-15(11(8-10)9-13)5-7-19(17,18)6-3-12(14)16/h10-11H,2-9,13H2,1H3,(H2,14,16). The highest BCUT2D eigenvalue weighted by molar-refractivity contribution is 7.91. The van der Waals surface area contributed by atoms with Gasteiger partial charge in [-0.15, -0.1) is 0 Å². The van der Waals surface area contributed by atoms with Crippen molar-refractivity contribution in [3.8, 4) is 0 Å². The summed E-state index contributed by atoms with van der Waals surface area (Å²) in [5, 5.41) is 0. The van der Waals surface area contributed by atoms with Crippen LogP contribution in [0.1, 0.15) is 26.2 Å². The summed E-state index contributed by atoms with van der Waals surface area (Å²) in [5.41, 5.74) is 10.7. The molecule has 112 valence electrons. The number of hydrogen-bond donors (Lipinski definition) is 2. The van der Waals surface area contributed by atoms with Gasteiger partial charge in [0.25, 0.3) is 0 Å². The lowest BCUT2D eigenvalue weighted by molar-refractivity contribution is -0.117. The van der Waals surface area contributed by atoms with Crippen molar-refractivity contribution in [3.05, 3.63) is 0 Å². The molecule has 1 amide bonds. The van der Waals surface area contributed by atoms with E-state index < -0.39 is 15.7 Å². The van der Waals surface area contributed by atoms with Gasteiger partial charge in [-0.05, 0) is 25.3 Å². The Morgan fingerprint density at radius 1 is 1.37 bits per heavy atom. The van der Waals surface area contributed by atoms with Gasteiger partial charge in [-0.2, -0.15) is 0 Å². The minimum atomic E-state index is -3.20. The van der Waals surface area contributed by atoms with Crippen molar-refractivity contribution >= 4 is 15.7 Å². The molecule has 0 aromatic rings. The van der Waals surface area contributed by atoms with Gasteiger partial charge in [0.05, 0.1) is 11.5 Å². The fraction of sp³-hybridized carbons (Fsp3) is 0.917. The van der Waals surface area contributed by atoms with Crippen LogP contribution in [0.5, 0.6) is 0 Å². The van der Waals surface area contributed by atoms with Crippen LogP contribution >= 0.6 is 0 Å². The third-order valence-electron chi connectivity index (χ3n) is 3.72. The van der Waals surface area contributed by atoms with E-state index in [9.17, 15) is 13.2 Å². The molecule has 0 radical (unpaired) electrons. The maximum atomic E-state index is 11.8. The molecule has 1 aliphatic heterocycles. The third kappa shape index (κ3) is 5.88. The molecular weight excluding hydrogens is 266 g/mol. The van der Waals surface area contributed by atoms with Crippen molar-refractivity contribution in [3.63, 3.8) is 0 Å². The van der Waals surface area contributed by atoms with Crippen molar-refractivity contribution in [1.29, 1.82) is 0 Å². The van der Waals surface area contributed by atoms with E-state index in [1.54, 1.807) is 0 Å². The fourth-order valence-corrected chi connectivity index (χ4v) is 3.68. The van der Waals surface area contributed by atoms with E-state index in [1.807, 2.05) is 0 Å². The minimum absolute atomic E-state index is 0.0746. The SMILES string of the molecule is CC1CCN(CCS(=O)(=O)CCC(N)=O)C(CN)C1. The summed E-state index contributed by atoms with van der Waals surface area (Å²) in [6, 6.07) is 0.273. The van der Waals surface area contributed by atoms with Crippen LogP contribution in [0.3, 0.4) is 0 Å². The monoisotopic (exact) mass is 291 g/mol. The van der Waals surface area contributed by atoms with E-state index >= 15 is 0 Å². The molecule has 4 N–H and O–H groups in total. The Morgan fingerprint density at radius 2 is 2.05 bits per heavy atom. The first-order chi connectivity index (χ1) is 8.84. The van der Waals surface area contributed by atoms with Crippen LogP contribution in [-0.4, -0.2) is 56.4 Å². The highest BCUT2D eigenvalue weighted by Gasteiger charge is 2.26. The van der Waals surface area contributed by atoms with Gasteiger partial charge in [0.1, 0.15) is 0 Å². The normalized spacial score (nSPS) is 25.4. The van der Waals surface area contributed by atoms with Crippen LogP contribution in [0, 0.1) is 5.92 Å². The second-order valence-corrected chi connectivity index (χ2v) is 7.73. The van der Waals surface area contributed by atoms with E-state index in [-0.39, 0.29) is 24.0 Å². The molecule has 0 aromatic carbocycles. The Balaban J connectivity index is 2.44. The summed E-state index contributed by atoms with van der Waals surface area (Å²) in [7, 11) is -3.20. The summed E-state index contributed by atoms with van der Waals surface area (Å²) in [4.78, 5) is 12.8. The van der Waals surface area contributed by atoms with Crippen LogP contribution in [0.25, 0.3) is 0 Å². The summed E-state index contributed by atoms with van der Waals surface area (Å²) >= 11 is 0. The molecule has 0 aliphatic carbocycles. The predicted octanol–water partition coefficient (Wildman–Crippen LogP) is -0.664. The second-order valence-electron chi connectivity index (χ2n) is 5.42. The van der Waals surface area contributed by atoms with Crippen molar-refractivity contribution in [1.82, 2.24) is 4.90 Å². The Labute approximate surface area is 115 Å². The zero-order chi connectivity index (χ0) is 14.5. The second kappa shape index (κ2) is 7.21. The topological polar surface area (TPSA) is 106 Å². The zero-order valence-electron chi connectivity index (χ0n) is 11.5. The smallest absolute Gasteiger partial charge is 0.218 e. The van der Waals surface area contributed by atoms with Gasteiger partial charge in [-0.3, -0.25) is 9.69 Å². The van der Waals surface area contributed by atoms with E-state index in [2.05, 4.69) is 11.8 Å². The number of sulfone groups is 1. The first-order valence-corrected chi connectivity index (χ1v) is 8.59. The van der Waals surface area contributed by atoms with Crippen molar-refractivity contribution < 1.29 is 13.2 Å². The number of carbonyl (C=O) groups excluding carboxylic acids is 1. The Morgan fingerprint density at radius 3 is 2.63 bits per heavy atom. The lowest BCUT2D eigenvalue weighted by Crippen LogP contribution is -2.47. The van der Waals surface area contributed by atoms with Gasteiger partial charge in [0.2, 0.25) is 5.91 Å². The maximum absolute atomic E-state index is 11.8. The highest BCUT2D eigenvalue weighted by Crippen LogP contribution is 2.21. The summed E-state index contributed by atoms with van der Waals surface area (Å²) in [5.74, 6) is -0.00290. The number of nitrogens with zero attached hydrogens (tertiary/aromatic N) is 1. The molecule has 1 saturated heterocycles. The van der Waals surface area contributed by atoms with Gasteiger partial charge in [0, 0.05) is 25.6 Å². The molecular formula is C12H25N3O3S. The maximum Gasteiger partial charge on any atom is 0.218 e. The number of rotatable bonds is 7. The number of piperidine rings is 1. The largest absolute Gasteiger partial charge is 0.370 e. The fourth-order valence-electron chi connectivity index (χ4n) is 2.45. The lowest BCUT2D eigenvalue weighted by atomic mass is 9.92. The number of carbonyl (C=O) groups is 1. The Kier molecular flexibility index (Phi) is 6.22. The first-order valence-electron chi connectivity index (χ1n) is 6.77. The molecule has 1 heterocycles. The van der Waals surface area contributed by atoms with Crippen LogP contribution in [0.15, 0.2) is 0 Å². The predicted molar refractivity (Wildman–Crippen MR) is 75.3 cm³/mol. The van der Waals surface area contributed by atoms with Crippen molar-refractivity contribution in [2.24, 2.45) is 17.4 Å². The molecule has 1 rings (SSSR count). The Hall–Kier alpha value is -0.660. The van der Waals surface area contributed by atoms with Crippen LogP contribution in [0.2, 0.25) is 0 Å². The molecule has 0 bridgehead atoms. The van der Waals surface area contributed by atoms with Crippen LogP contribution < -0.4 is 11.5 Å². The van der Waals surface area contributed by atoms with Gasteiger partial charge in [-0.1, -0.05) is 6.92 Å². The summed E-state index contributed by atoms with van der Waals surface area (Å²) in [6.07, 6.45) is 2.01. The van der Waals surface area contributed by atoms with Crippen LogP contribution in [0.4, 0.5) is 0 Å². The van der Waals surface area contributed by atoms with E-state index in [0.717, 1.165) is 19.4 Å². The lowest BCUT2D eigenvalue weighted by Gasteiger charge is -2.37. The third-order valence-corrected chi connectivity index (χ3v) is 5.35. The Bertz CT molecular complexity index is 397. The molecule has 1 aliphatic rings. The van der Waals surface area contributed by atoms with Gasteiger partial charge >= 0.3 is 0 Å². The van der Waals surface area contributed by atoms with E-state index in [1.165, 1.54) is 0 Å².